The van der Waals surface area contributed by atoms with E-state index >= 15 is 0 Å². The Balaban J connectivity index is 2.54. The van der Waals surface area contributed by atoms with Gasteiger partial charge in [-0.15, -0.1) is 0 Å². The zero-order valence-electron chi connectivity index (χ0n) is 11.3. The molecule has 0 spiro atoms. The number of hydrogen-bond donors (Lipinski definition) is 2. The number of amides is 1. The second-order valence-electron chi connectivity index (χ2n) is 5.85. The van der Waals surface area contributed by atoms with E-state index in [1.807, 2.05) is 27.7 Å². The highest BCUT2D eigenvalue weighted by atomic mass is 16.2. The number of carbonyl (C=O) groups is 2. The van der Waals surface area contributed by atoms with Gasteiger partial charge in [0.1, 0.15) is 0 Å². The largest absolute Gasteiger partial charge is 0.347 e. The molecule has 1 saturated carbocycles. The van der Waals surface area contributed by atoms with E-state index in [1.54, 1.807) is 0 Å². The van der Waals surface area contributed by atoms with Crippen molar-refractivity contribution in [2.45, 2.75) is 71.0 Å². The zero-order valence-corrected chi connectivity index (χ0v) is 11.3. The van der Waals surface area contributed by atoms with Crippen molar-refractivity contribution in [2.75, 3.05) is 0 Å². The third-order valence-electron chi connectivity index (χ3n) is 2.64. The lowest BCUT2D eigenvalue weighted by Gasteiger charge is -2.27. The van der Waals surface area contributed by atoms with E-state index < -0.39 is 5.91 Å². The average molecular weight is 240 g/mol. The van der Waals surface area contributed by atoms with Crippen molar-refractivity contribution < 1.29 is 9.59 Å². The van der Waals surface area contributed by atoms with Crippen LogP contribution in [0.5, 0.6) is 0 Å². The molecule has 0 aliphatic heterocycles. The molecule has 1 rings (SSSR count). The van der Waals surface area contributed by atoms with Crippen LogP contribution in [0.25, 0.3) is 0 Å². The van der Waals surface area contributed by atoms with Crippen LogP contribution in [0.2, 0.25) is 0 Å². The van der Waals surface area contributed by atoms with Crippen LogP contribution in [0, 0.1) is 0 Å². The Morgan fingerprint density at radius 3 is 2.29 bits per heavy atom. The number of nitrogens with one attached hydrogen (secondary N) is 2. The maximum absolute atomic E-state index is 12.0. The summed E-state index contributed by atoms with van der Waals surface area (Å²) in [4.78, 5) is 23.7. The summed E-state index contributed by atoms with van der Waals surface area (Å²) < 4.78 is 0. The second-order valence-corrected chi connectivity index (χ2v) is 5.85. The summed E-state index contributed by atoms with van der Waals surface area (Å²) in [6.45, 7) is 8.02. The van der Waals surface area contributed by atoms with Crippen molar-refractivity contribution in [1.82, 2.24) is 10.6 Å². The van der Waals surface area contributed by atoms with Crippen molar-refractivity contribution >= 4 is 11.7 Å². The molecule has 0 saturated heterocycles. The molecule has 0 aromatic rings. The molecule has 0 bridgehead atoms. The van der Waals surface area contributed by atoms with Crippen LogP contribution >= 0.6 is 0 Å². The monoisotopic (exact) mass is 240 g/mol. The van der Waals surface area contributed by atoms with E-state index in [9.17, 15) is 9.59 Å². The molecule has 2 N–H and O–H groups in total. The summed E-state index contributed by atoms with van der Waals surface area (Å²) in [7, 11) is 0. The maximum atomic E-state index is 12.0. The predicted octanol–water partition coefficient (Wildman–Crippen LogP) is 1.39. The molecule has 0 aromatic carbocycles. The number of ketones is 1. The van der Waals surface area contributed by atoms with Gasteiger partial charge in [-0.05, 0) is 40.0 Å². The van der Waals surface area contributed by atoms with Gasteiger partial charge in [-0.3, -0.25) is 9.59 Å². The Morgan fingerprint density at radius 1 is 1.29 bits per heavy atom. The van der Waals surface area contributed by atoms with Gasteiger partial charge in [0.2, 0.25) is 5.78 Å². The third-order valence-corrected chi connectivity index (χ3v) is 2.64. The number of Topliss-reactive ketones (excluding diaryl/α,β-unsaturated/α-hetero) is 1. The van der Waals surface area contributed by atoms with Gasteiger partial charge < -0.3 is 10.6 Å². The first kappa shape index (κ1) is 14.2. The standard InChI is InChI=1S/C13H24N2O2/c1-5-6-10(15-13(2,3)4)11(16)12(17)14-9-7-8-9/h9-10,15H,5-8H2,1-4H3,(H,14,17). The van der Waals surface area contributed by atoms with Crippen molar-refractivity contribution in [1.29, 1.82) is 0 Å². The maximum Gasteiger partial charge on any atom is 0.289 e. The molecule has 1 aliphatic carbocycles. The lowest BCUT2D eigenvalue weighted by Crippen LogP contribution is -2.52. The van der Waals surface area contributed by atoms with Crippen molar-refractivity contribution in [3.63, 3.8) is 0 Å². The Labute approximate surface area is 104 Å². The first-order valence-electron chi connectivity index (χ1n) is 6.46. The van der Waals surface area contributed by atoms with Crippen LogP contribution < -0.4 is 10.6 Å². The number of carbonyl (C=O) groups excluding carboxylic acids is 2. The first-order chi connectivity index (χ1) is 7.83. The molecule has 4 nitrogen and oxygen atoms in total. The smallest absolute Gasteiger partial charge is 0.289 e. The Morgan fingerprint density at radius 2 is 1.88 bits per heavy atom. The highest BCUT2D eigenvalue weighted by molar-refractivity contribution is 6.38. The molecule has 17 heavy (non-hydrogen) atoms. The topological polar surface area (TPSA) is 58.2 Å². The zero-order chi connectivity index (χ0) is 13.1. The lowest BCUT2D eigenvalue weighted by molar-refractivity contribution is -0.139. The lowest BCUT2D eigenvalue weighted by atomic mass is 10.0. The molecule has 0 heterocycles. The Bertz CT molecular complexity index is 290. The fourth-order valence-corrected chi connectivity index (χ4v) is 1.72. The normalized spacial score (nSPS) is 17.6. The SMILES string of the molecule is CCCC(NC(C)(C)C)C(=O)C(=O)NC1CC1. The van der Waals surface area contributed by atoms with Gasteiger partial charge in [0, 0.05) is 11.6 Å². The van der Waals surface area contributed by atoms with Crippen LogP contribution in [0.3, 0.4) is 0 Å². The summed E-state index contributed by atoms with van der Waals surface area (Å²) in [5, 5.41) is 5.97. The average Bonchev–Trinajstić information content (AvgIpc) is 2.97. The molecule has 1 unspecified atom stereocenters. The fourth-order valence-electron chi connectivity index (χ4n) is 1.72. The van der Waals surface area contributed by atoms with Gasteiger partial charge in [0.15, 0.2) is 0 Å². The molecule has 0 aromatic heterocycles. The minimum absolute atomic E-state index is 0.157. The van der Waals surface area contributed by atoms with Crippen molar-refractivity contribution in [3.05, 3.63) is 0 Å². The number of hydrogen-bond acceptors (Lipinski definition) is 3. The summed E-state index contributed by atoms with van der Waals surface area (Å²) in [5.41, 5.74) is -0.157. The fraction of sp³-hybridized carbons (Fsp3) is 0.846. The minimum atomic E-state index is -0.428. The predicted molar refractivity (Wildman–Crippen MR) is 67.8 cm³/mol. The molecule has 1 fully saturated rings. The van der Waals surface area contributed by atoms with Gasteiger partial charge in [-0.1, -0.05) is 13.3 Å². The van der Waals surface area contributed by atoms with E-state index in [4.69, 9.17) is 0 Å². The van der Waals surface area contributed by atoms with Crippen molar-refractivity contribution in [3.8, 4) is 0 Å². The highest BCUT2D eigenvalue weighted by Gasteiger charge is 2.31. The summed E-state index contributed by atoms with van der Waals surface area (Å²) in [6.07, 6.45) is 3.60. The van der Waals surface area contributed by atoms with Crippen LogP contribution in [-0.2, 0) is 9.59 Å². The van der Waals surface area contributed by atoms with Crippen molar-refractivity contribution in [2.24, 2.45) is 0 Å². The molecular weight excluding hydrogens is 216 g/mol. The summed E-state index contributed by atoms with van der Waals surface area (Å²) in [5.74, 6) is -0.753. The first-order valence-corrected chi connectivity index (χ1v) is 6.46. The summed E-state index contributed by atoms with van der Waals surface area (Å²) >= 11 is 0. The van der Waals surface area contributed by atoms with E-state index in [0.717, 1.165) is 19.3 Å². The molecule has 1 amide bonds. The van der Waals surface area contributed by atoms with E-state index in [1.165, 1.54) is 0 Å². The third kappa shape index (κ3) is 5.31. The molecule has 0 radical (unpaired) electrons. The molecule has 4 heteroatoms. The van der Waals surface area contributed by atoms with Crippen LogP contribution in [0.15, 0.2) is 0 Å². The van der Waals surface area contributed by atoms with Gasteiger partial charge in [-0.2, -0.15) is 0 Å². The molecule has 1 aliphatic rings. The van der Waals surface area contributed by atoms with Crippen LogP contribution in [-0.4, -0.2) is 29.3 Å². The number of rotatable bonds is 6. The summed E-state index contributed by atoms with van der Waals surface area (Å²) in [6, 6.07) is -0.123. The van der Waals surface area contributed by atoms with Gasteiger partial charge >= 0.3 is 0 Å². The highest BCUT2D eigenvalue weighted by Crippen LogP contribution is 2.18. The quantitative estimate of drug-likeness (QED) is 0.690. The Kier molecular flexibility index (Phi) is 4.69. The molecule has 1 atom stereocenters. The van der Waals surface area contributed by atoms with E-state index in [-0.39, 0.29) is 23.4 Å². The van der Waals surface area contributed by atoms with Gasteiger partial charge in [-0.25, -0.2) is 0 Å². The van der Waals surface area contributed by atoms with Gasteiger partial charge in [0.25, 0.3) is 5.91 Å². The van der Waals surface area contributed by atoms with Crippen LogP contribution in [0.1, 0.15) is 53.4 Å². The van der Waals surface area contributed by atoms with E-state index in [0.29, 0.717) is 6.42 Å². The van der Waals surface area contributed by atoms with Gasteiger partial charge in [0.05, 0.1) is 6.04 Å². The molecular formula is C13H24N2O2. The van der Waals surface area contributed by atoms with Crippen LogP contribution in [0.4, 0.5) is 0 Å². The Hall–Kier alpha value is -0.900. The molecule has 98 valence electrons. The second kappa shape index (κ2) is 5.63. The minimum Gasteiger partial charge on any atom is -0.347 e. The van der Waals surface area contributed by atoms with E-state index in [2.05, 4.69) is 10.6 Å².